The van der Waals surface area contributed by atoms with Crippen molar-refractivity contribution >= 4 is 17.3 Å². The first kappa shape index (κ1) is 12.0. The molecule has 0 unspecified atom stereocenters. The van der Waals surface area contributed by atoms with Gasteiger partial charge < -0.3 is 10.4 Å². The Morgan fingerprint density at radius 2 is 1.89 bits per heavy atom. The Morgan fingerprint density at radius 1 is 1.22 bits per heavy atom. The second-order valence-electron chi connectivity index (χ2n) is 3.49. The van der Waals surface area contributed by atoms with Gasteiger partial charge in [-0.25, -0.2) is 13.6 Å². The number of carboxylic acids is 1. The number of nitrogens with zero attached hydrogens (tertiary/aromatic N) is 1. The Balaban J connectivity index is 2.34. The van der Waals surface area contributed by atoms with E-state index >= 15 is 0 Å². The molecule has 0 aliphatic rings. The molecule has 0 radical (unpaired) electrons. The second-order valence-corrected chi connectivity index (χ2v) is 3.49. The van der Waals surface area contributed by atoms with Crippen LogP contribution in [-0.2, 0) is 0 Å². The lowest BCUT2D eigenvalue weighted by molar-refractivity contribution is 0.0696. The number of halogens is 2. The molecule has 1 aromatic heterocycles. The fourth-order valence-electron chi connectivity index (χ4n) is 1.39. The minimum atomic E-state index is -1.17. The van der Waals surface area contributed by atoms with Crippen LogP contribution in [-0.4, -0.2) is 16.1 Å². The predicted octanol–water partition coefficient (Wildman–Crippen LogP) is 2.80. The molecule has 4 nitrogen and oxygen atoms in total. The van der Waals surface area contributed by atoms with Gasteiger partial charge >= 0.3 is 5.97 Å². The highest BCUT2D eigenvalue weighted by molar-refractivity contribution is 5.88. The number of anilines is 2. The van der Waals surface area contributed by atoms with E-state index in [4.69, 9.17) is 5.11 Å². The van der Waals surface area contributed by atoms with E-state index in [1.807, 2.05) is 0 Å². The predicted molar refractivity (Wildman–Crippen MR) is 60.8 cm³/mol. The Hall–Kier alpha value is -2.50. The van der Waals surface area contributed by atoms with Gasteiger partial charge in [0, 0.05) is 6.20 Å². The molecule has 18 heavy (non-hydrogen) atoms. The molecule has 0 bridgehead atoms. The molecule has 0 fully saturated rings. The normalized spacial score (nSPS) is 10.1. The minimum Gasteiger partial charge on any atom is -0.478 e. The summed E-state index contributed by atoms with van der Waals surface area (Å²) in [6.07, 6.45) is 2.42. The molecule has 0 amide bonds. The molecule has 2 N–H and O–H groups in total. The van der Waals surface area contributed by atoms with Crippen LogP contribution in [0.4, 0.5) is 20.2 Å². The van der Waals surface area contributed by atoms with Gasteiger partial charge in [-0.3, -0.25) is 4.98 Å². The maximum Gasteiger partial charge on any atom is 0.337 e. The summed E-state index contributed by atoms with van der Waals surface area (Å²) in [7, 11) is 0. The fourth-order valence-corrected chi connectivity index (χ4v) is 1.39. The number of aromatic nitrogens is 1. The number of benzene rings is 1. The number of hydrogen-bond donors (Lipinski definition) is 2. The largest absolute Gasteiger partial charge is 0.478 e. The summed E-state index contributed by atoms with van der Waals surface area (Å²) in [6.45, 7) is 0. The Kier molecular flexibility index (Phi) is 3.18. The van der Waals surface area contributed by atoms with Gasteiger partial charge in [-0.15, -0.1) is 0 Å². The van der Waals surface area contributed by atoms with Gasteiger partial charge in [0.05, 0.1) is 17.4 Å². The molecule has 0 aliphatic heterocycles. The van der Waals surface area contributed by atoms with Crippen molar-refractivity contribution in [3.05, 3.63) is 53.9 Å². The lowest BCUT2D eigenvalue weighted by atomic mass is 10.2. The Labute approximate surface area is 101 Å². The zero-order valence-electron chi connectivity index (χ0n) is 9.02. The minimum absolute atomic E-state index is 0.0725. The monoisotopic (exact) mass is 250 g/mol. The Morgan fingerprint density at radius 3 is 2.50 bits per heavy atom. The SMILES string of the molecule is O=C(O)c1cncc(Nc2c(F)cccc2F)c1. The van der Waals surface area contributed by atoms with Crippen molar-refractivity contribution in [1.29, 1.82) is 0 Å². The number of nitrogens with one attached hydrogen (secondary N) is 1. The average molecular weight is 250 g/mol. The lowest BCUT2D eigenvalue weighted by Crippen LogP contribution is -2.01. The fraction of sp³-hybridized carbons (Fsp3) is 0. The molecule has 2 rings (SSSR count). The van der Waals surface area contributed by atoms with Crippen LogP contribution in [0.15, 0.2) is 36.7 Å². The van der Waals surface area contributed by atoms with E-state index in [-0.39, 0.29) is 16.9 Å². The highest BCUT2D eigenvalue weighted by Gasteiger charge is 2.10. The van der Waals surface area contributed by atoms with Crippen LogP contribution < -0.4 is 5.32 Å². The van der Waals surface area contributed by atoms with Gasteiger partial charge in [0.25, 0.3) is 0 Å². The summed E-state index contributed by atoms with van der Waals surface area (Å²) < 4.78 is 26.7. The first-order valence-corrected chi connectivity index (χ1v) is 4.97. The molecular weight excluding hydrogens is 242 g/mol. The molecule has 1 aromatic carbocycles. The smallest absolute Gasteiger partial charge is 0.337 e. The quantitative estimate of drug-likeness (QED) is 0.879. The van der Waals surface area contributed by atoms with Crippen molar-refractivity contribution < 1.29 is 18.7 Å². The molecule has 0 aliphatic carbocycles. The zero-order chi connectivity index (χ0) is 13.1. The Bertz CT molecular complexity index is 582. The van der Waals surface area contributed by atoms with Gasteiger partial charge in [0.15, 0.2) is 0 Å². The first-order valence-electron chi connectivity index (χ1n) is 4.97. The maximum atomic E-state index is 13.4. The highest BCUT2D eigenvalue weighted by Crippen LogP contribution is 2.23. The summed E-state index contributed by atoms with van der Waals surface area (Å²) in [5.41, 5.74) is -0.225. The summed E-state index contributed by atoms with van der Waals surface area (Å²) in [5, 5.41) is 11.2. The van der Waals surface area contributed by atoms with E-state index in [1.165, 1.54) is 18.3 Å². The molecule has 0 saturated carbocycles. The summed E-state index contributed by atoms with van der Waals surface area (Å²) in [4.78, 5) is 14.4. The van der Waals surface area contributed by atoms with Crippen LogP contribution in [0.25, 0.3) is 0 Å². The molecule has 0 atom stereocenters. The first-order chi connectivity index (χ1) is 8.58. The number of rotatable bonds is 3. The average Bonchev–Trinajstić information content (AvgIpc) is 2.34. The van der Waals surface area contributed by atoms with Crippen LogP contribution in [0.3, 0.4) is 0 Å². The van der Waals surface area contributed by atoms with Gasteiger partial charge in [0.1, 0.15) is 17.3 Å². The maximum absolute atomic E-state index is 13.4. The van der Waals surface area contributed by atoms with Crippen molar-refractivity contribution in [3.63, 3.8) is 0 Å². The topological polar surface area (TPSA) is 62.2 Å². The van der Waals surface area contributed by atoms with Gasteiger partial charge in [0.2, 0.25) is 0 Å². The number of pyridine rings is 1. The number of carbonyl (C=O) groups is 1. The van der Waals surface area contributed by atoms with Gasteiger partial charge in [-0.1, -0.05) is 6.07 Å². The zero-order valence-corrected chi connectivity index (χ0v) is 9.02. The van der Waals surface area contributed by atoms with E-state index in [0.29, 0.717) is 0 Å². The van der Waals surface area contributed by atoms with Gasteiger partial charge in [-0.05, 0) is 18.2 Å². The van der Waals surface area contributed by atoms with Crippen LogP contribution in [0, 0.1) is 11.6 Å². The van der Waals surface area contributed by atoms with E-state index < -0.39 is 17.6 Å². The van der Waals surface area contributed by atoms with Crippen molar-refractivity contribution in [2.75, 3.05) is 5.32 Å². The molecule has 0 saturated heterocycles. The van der Waals surface area contributed by atoms with Crippen LogP contribution in [0.5, 0.6) is 0 Å². The van der Waals surface area contributed by atoms with E-state index in [2.05, 4.69) is 10.3 Å². The summed E-state index contributed by atoms with van der Waals surface area (Å²) >= 11 is 0. The number of carboxylic acid groups (broad SMARTS) is 1. The van der Waals surface area contributed by atoms with Crippen molar-refractivity contribution in [2.45, 2.75) is 0 Å². The summed E-state index contributed by atoms with van der Waals surface area (Å²) in [6, 6.07) is 4.67. The van der Waals surface area contributed by atoms with E-state index in [1.54, 1.807) is 0 Å². The van der Waals surface area contributed by atoms with Crippen LogP contribution in [0.1, 0.15) is 10.4 Å². The van der Waals surface area contributed by atoms with Crippen LogP contribution in [0.2, 0.25) is 0 Å². The second kappa shape index (κ2) is 4.79. The number of aromatic carboxylic acids is 1. The molecular formula is C12H8F2N2O2. The third kappa shape index (κ3) is 2.42. The third-order valence-corrected chi connectivity index (χ3v) is 2.22. The molecule has 1 heterocycles. The van der Waals surface area contributed by atoms with E-state index in [9.17, 15) is 13.6 Å². The molecule has 92 valence electrons. The van der Waals surface area contributed by atoms with Crippen molar-refractivity contribution in [1.82, 2.24) is 4.98 Å². The lowest BCUT2D eigenvalue weighted by Gasteiger charge is -2.08. The number of para-hydroxylation sites is 1. The van der Waals surface area contributed by atoms with Gasteiger partial charge in [-0.2, -0.15) is 0 Å². The highest BCUT2D eigenvalue weighted by atomic mass is 19.1. The summed E-state index contributed by atoms with van der Waals surface area (Å²) in [5.74, 6) is -2.70. The third-order valence-electron chi connectivity index (χ3n) is 2.22. The van der Waals surface area contributed by atoms with E-state index in [0.717, 1.165) is 18.3 Å². The standard InChI is InChI=1S/C12H8F2N2O2/c13-9-2-1-3-10(14)11(9)16-8-4-7(12(17)18)5-15-6-8/h1-6,16H,(H,17,18). The molecule has 2 aromatic rings. The van der Waals surface area contributed by atoms with Crippen molar-refractivity contribution in [2.24, 2.45) is 0 Å². The van der Waals surface area contributed by atoms with Crippen LogP contribution >= 0.6 is 0 Å². The molecule has 6 heteroatoms. The molecule has 0 spiro atoms. The van der Waals surface area contributed by atoms with Crippen molar-refractivity contribution in [3.8, 4) is 0 Å². The number of hydrogen-bond acceptors (Lipinski definition) is 3.